The summed E-state index contributed by atoms with van der Waals surface area (Å²) in [5, 5.41) is 0. The van der Waals surface area contributed by atoms with Gasteiger partial charge in [-0.1, -0.05) is 39.8 Å². The maximum atomic E-state index is 13.5. The van der Waals surface area contributed by atoms with Crippen molar-refractivity contribution < 1.29 is 14.3 Å². The molecule has 2 heterocycles. The molecule has 0 unspecified atom stereocenters. The minimum atomic E-state index is -0.220. The molecular weight excluding hydrogens is 414 g/mol. The first-order valence-corrected chi connectivity index (χ1v) is 11.8. The summed E-state index contributed by atoms with van der Waals surface area (Å²) in [6.45, 7) is 12.6. The summed E-state index contributed by atoms with van der Waals surface area (Å²) in [6.07, 6.45) is 4.31. The van der Waals surface area contributed by atoms with Crippen molar-refractivity contribution in [2.24, 2.45) is 11.8 Å². The Morgan fingerprint density at radius 2 is 1.61 bits per heavy atom. The summed E-state index contributed by atoms with van der Waals surface area (Å²) in [6, 6.07) is 11.5. The van der Waals surface area contributed by atoms with E-state index in [0.29, 0.717) is 43.4 Å². The molecule has 1 aliphatic rings. The zero-order valence-corrected chi connectivity index (χ0v) is 20.4. The Hall–Kier alpha value is -3.15. The summed E-state index contributed by atoms with van der Waals surface area (Å²) in [5.41, 5.74) is 2.86. The van der Waals surface area contributed by atoms with Crippen molar-refractivity contribution >= 4 is 17.4 Å². The van der Waals surface area contributed by atoms with E-state index < -0.39 is 0 Å². The molecule has 6 heteroatoms. The van der Waals surface area contributed by atoms with Crippen LogP contribution in [0, 0.1) is 11.8 Å². The molecule has 0 atom stereocenters. The maximum Gasteiger partial charge on any atom is 0.277 e. The molecule has 1 aliphatic heterocycles. The van der Waals surface area contributed by atoms with E-state index in [1.165, 1.54) is 4.90 Å². The molecule has 6 nitrogen and oxygen atoms in total. The fraction of sp³-hybridized carbons (Fsp3) is 0.444. The summed E-state index contributed by atoms with van der Waals surface area (Å²) in [5.74, 6) is 0.950. The molecule has 1 aromatic carbocycles. The van der Waals surface area contributed by atoms with Crippen LogP contribution in [0.1, 0.15) is 45.7 Å². The number of aromatic nitrogens is 1. The Labute approximate surface area is 197 Å². The van der Waals surface area contributed by atoms with E-state index in [1.54, 1.807) is 12.4 Å². The second kappa shape index (κ2) is 11.1. The molecule has 0 saturated carbocycles. The van der Waals surface area contributed by atoms with Crippen LogP contribution in [0.2, 0.25) is 0 Å². The van der Waals surface area contributed by atoms with Gasteiger partial charge in [0.05, 0.1) is 12.2 Å². The van der Waals surface area contributed by atoms with E-state index in [9.17, 15) is 9.59 Å². The molecular formula is C27H35N3O3. The van der Waals surface area contributed by atoms with Gasteiger partial charge >= 0.3 is 0 Å². The first kappa shape index (κ1) is 24.5. The average Bonchev–Trinajstić information content (AvgIpc) is 3.04. The topological polar surface area (TPSA) is 62.7 Å². The molecule has 0 N–H and O–H groups in total. The average molecular weight is 450 g/mol. The van der Waals surface area contributed by atoms with Crippen molar-refractivity contribution in [2.75, 3.05) is 26.2 Å². The summed E-state index contributed by atoms with van der Waals surface area (Å²) >= 11 is 0. The van der Waals surface area contributed by atoms with Gasteiger partial charge in [-0.3, -0.25) is 19.5 Å². The van der Waals surface area contributed by atoms with Gasteiger partial charge in [-0.15, -0.1) is 0 Å². The molecule has 33 heavy (non-hydrogen) atoms. The molecule has 2 aromatic rings. The zero-order chi connectivity index (χ0) is 24.0. The van der Waals surface area contributed by atoms with Crippen molar-refractivity contribution in [3.8, 4) is 5.75 Å². The highest BCUT2D eigenvalue weighted by Crippen LogP contribution is 2.33. The molecule has 1 aromatic heterocycles. The van der Waals surface area contributed by atoms with Gasteiger partial charge in [0.25, 0.3) is 11.8 Å². The largest absolute Gasteiger partial charge is 0.493 e. The molecule has 176 valence electrons. The lowest BCUT2D eigenvalue weighted by Gasteiger charge is -2.25. The molecule has 3 rings (SSSR count). The highest BCUT2D eigenvalue weighted by Gasteiger charge is 2.41. The summed E-state index contributed by atoms with van der Waals surface area (Å²) in [4.78, 5) is 34.4. The van der Waals surface area contributed by atoms with Gasteiger partial charge in [0.1, 0.15) is 11.4 Å². The van der Waals surface area contributed by atoms with E-state index >= 15 is 0 Å². The first-order valence-electron chi connectivity index (χ1n) is 11.8. The minimum absolute atomic E-state index is 0.192. The lowest BCUT2D eigenvalue weighted by molar-refractivity contribution is -0.138. The Morgan fingerprint density at radius 1 is 0.939 bits per heavy atom. The van der Waals surface area contributed by atoms with E-state index in [-0.39, 0.29) is 17.7 Å². The van der Waals surface area contributed by atoms with Crippen molar-refractivity contribution in [1.82, 2.24) is 14.8 Å². The monoisotopic (exact) mass is 449 g/mol. The van der Waals surface area contributed by atoms with Crippen molar-refractivity contribution in [2.45, 2.75) is 41.0 Å². The van der Waals surface area contributed by atoms with Gasteiger partial charge in [-0.2, -0.15) is 0 Å². The lowest BCUT2D eigenvalue weighted by atomic mass is 10.0. The first-order chi connectivity index (χ1) is 15.8. The zero-order valence-electron chi connectivity index (χ0n) is 20.4. The fourth-order valence-electron chi connectivity index (χ4n) is 3.87. The van der Waals surface area contributed by atoms with Crippen LogP contribution in [0.15, 0.2) is 54.5 Å². The number of hydrogen-bond donors (Lipinski definition) is 0. The van der Waals surface area contributed by atoms with Crippen LogP contribution in [0.25, 0.3) is 5.57 Å². The van der Waals surface area contributed by atoms with Crippen molar-refractivity contribution in [1.29, 1.82) is 0 Å². The van der Waals surface area contributed by atoms with Crippen LogP contribution in [-0.2, 0) is 16.0 Å². The SMILES string of the molecule is CCN(CCc1ccncc1)C1=C(c2ccc(OCC(C)C)cc2)C(=O)N(CC(C)C)C1=O. The Morgan fingerprint density at radius 3 is 2.18 bits per heavy atom. The van der Waals surface area contributed by atoms with Crippen LogP contribution < -0.4 is 4.74 Å². The number of carbonyl (C=O) groups excluding carboxylic acids is 2. The molecule has 0 radical (unpaired) electrons. The number of ether oxygens (including phenoxy) is 1. The van der Waals surface area contributed by atoms with Gasteiger partial charge < -0.3 is 9.64 Å². The third-order valence-corrected chi connectivity index (χ3v) is 5.54. The quantitative estimate of drug-likeness (QED) is 0.475. The smallest absolute Gasteiger partial charge is 0.277 e. The van der Waals surface area contributed by atoms with E-state index in [0.717, 1.165) is 23.3 Å². The third kappa shape index (κ3) is 6.01. The second-order valence-electron chi connectivity index (χ2n) is 9.25. The lowest BCUT2D eigenvalue weighted by Crippen LogP contribution is -2.38. The number of hydrogen-bond acceptors (Lipinski definition) is 5. The number of carbonyl (C=O) groups is 2. The predicted octanol–water partition coefficient (Wildman–Crippen LogP) is 4.42. The van der Waals surface area contributed by atoms with Crippen LogP contribution in [0.3, 0.4) is 0 Å². The number of imide groups is 1. The maximum absolute atomic E-state index is 13.5. The van der Waals surface area contributed by atoms with E-state index in [4.69, 9.17) is 4.74 Å². The standard InChI is InChI=1S/C27H35N3O3/c1-6-29(16-13-21-11-14-28-15-12-21)25-24(26(31)30(27(25)32)17-19(2)3)22-7-9-23(10-8-22)33-18-20(4)5/h7-12,14-15,19-20H,6,13,16-18H2,1-5H3. The van der Waals surface area contributed by atoms with Crippen molar-refractivity contribution in [3.05, 3.63) is 65.6 Å². The summed E-state index contributed by atoms with van der Waals surface area (Å²) < 4.78 is 5.80. The highest BCUT2D eigenvalue weighted by molar-refractivity contribution is 6.35. The van der Waals surface area contributed by atoms with Gasteiger partial charge in [-0.05, 0) is 60.6 Å². The molecule has 0 aliphatic carbocycles. The Bertz CT molecular complexity index is 981. The van der Waals surface area contributed by atoms with Gasteiger partial charge in [0.2, 0.25) is 0 Å². The Balaban J connectivity index is 1.94. The van der Waals surface area contributed by atoms with E-state index in [1.807, 2.05) is 62.1 Å². The molecule has 2 amide bonds. The van der Waals surface area contributed by atoms with Gasteiger partial charge in [0, 0.05) is 32.0 Å². The Kier molecular flexibility index (Phi) is 8.26. The van der Waals surface area contributed by atoms with E-state index in [2.05, 4.69) is 18.8 Å². The minimum Gasteiger partial charge on any atom is -0.493 e. The number of rotatable bonds is 11. The fourth-order valence-corrected chi connectivity index (χ4v) is 3.87. The van der Waals surface area contributed by atoms with Crippen LogP contribution in [0.5, 0.6) is 5.75 Å². The van der Waals surface area contributed by atoms with Crippen molar-refractivity contribution in [3.63, 3.8) is 0 Å². The van der Waals surface area contributed by atoms with Crippen LogP contribution in [0.4, 0.5) is 0 Å². The van der Waals surface area contributed by atoms with Crippen LogP contribution >= 0.6 is 0 Å². The number of amides is 2. The third-order valence-electron chi connectivity index (χ3n) is 5.54. The number of pyridine rings is 1. The molecule has 0 fully saturated rings. The summed E-state index contributed by atoms with van der Waals surface area (Å²) in [7, 11) is 0. The van der Waals surface area contributed by atoms with Gasteiger partial charge in [-0.25, -0.2) is 0 Å². The van der Waals surface area contributed by atoms with Crippen LogP contribution in [-0.4, -0.2) is 52.8 Å². The molecule has 0 bridgehead atoms. The molecule has 0 saturated heterocycles. The molecule has 0 spiro atoms. The number of benzene rings is 1. The number of likely N-dealkylation sites (N-methyl/N-ethyl adjacent to an activating group) is 1. The van der Waals surface area contributed by atoms with Gasteiger partial charge in [0.15, 0.2) is 0 Å². The number of nitrogens with zero attached hydrogens (tertiary/aromatic N) is 3. The normalized spacial score (nSPS) is 14.1. The highest BCUT2D eigenvalue weighted by atomic mass is 16.5. The predicted molar refractivity (Wildman–Crippen MR) is 130 cm³/mol. The second-order valence-corrected chi connectivity index (χ2v) is 9.25.